The van der Waals surface area contributed by atoms with Gasteiger partial charge in [0.1, 0.15) is 0 Å². The van der Waals surface area contributed by atoms with Crippen LogP contribution in [0.5, 0.6) is 0 Å². The summed E-state index contributed by atoms with van der Waals surface area (Å²) in [6.07, 6.45) is -0.250. The van der Waals surface area contributed by atoms with Gasteiger partial charge in [0, 0.05) is 6.54 Å². The number of nitrogens with zero attached hydrogens (tertiary/aromatic N) is 1. The predicted octanol–water partition coefficient (Wildman–Crippen LogP) is 1.95. The first-order valence-corrected chi connectivity index (χ1v) is 4.78. The van der Waals surface area contributed by atoms with E-state index in [9.17, 15) is 13.9 Å². The molecule has 4 heteroatoms. The van der Waals surface area contributed by atoms with Crippen LogP contribution in [0.25, 0.3) is 0 Å². The van der Waals surface area contributed by atoms with Crippen molar-refractivity contribution in [1.82, 2.24) is 4.90 Å². The van der Waals surface area contributed by atoms with E-state index < -0.39 is 17.7 Å². The van der Waals surface area contributed by atoms with E-state index in [1.165, 1.54) is 6.07 Å². The van der Waals surface area contributed by atoms with Crippen molar-refractivity contribution >= 4 is 0 Å². The Labute approximate surface area is 88.1 Å². The zero-order valence-corrected chi connectivity index (χ0v) is 8.87. The second kappa shape index (κ2) is 5.19. The van der Waals surface area contributed by atoms with Crippen LogP contribution in [0, 0.1) is 11.6 Å². The molecule has 0 aliphatic rings. The Bertz CT molecular complexity index is 328. The van der Waals surface area contributed by atoms with Crippen molar-refractivity contribution in [3.63, 3.8) is 0 Å². The van der Waals surface area contributed by atoms with Gasteiger partial charge in [0.15, 0.2) is 11.6 Å². The molecule has 0 aliphatic carbocycles. The van der Waals surface area contributed by atoms with Gasteiger partial charge in [-0.3, -0.25) is 0 Å². The minimum Gasteiger partial charge on any atom is -0.388 e. The summed E-state index contributed by atoms with van der Waals surface area (Å²) in [5, 5.41) is 9.67. The molecule has 0 fully saturated rings. The van der Waals surface area contributed by atoms with Crippen molar-refractivity contribution in [3.05, 3.63) is 35.4 Å². The molecule has 1 unspecified atom stereocenters. The Hall–Kier alpha value is -1.00. The van der Waals surface area contributed by atoms with Gasteiger partial charge in [0.25, 0.3) is 0 Å². The monoisotopic (exact) mass is 215 g/mol. The Morgan fingerprint density at radius 1 is 1.27 bits per heavy atom. The molecule has 0 spiro atoms. The first-order chi connectivity index (χ1) is 7.00. The first kappa shape index (κ1) is 12.1. The van der Waals surface area contributed by atoms with Crippen LogP contribution in [0.1, 0.15) is 18.1 Å². The number of halogens is 2. The summed E-state index contributed by atoms with van der Waals surface area (Å²) in [7, 11) is 3.77. The Morgan fingerprint density at radius 3 is 2.47 bits per heavy atom. The van der Waals surface area contributed by atoms with E-state index in [2.05, 4.69) is 0 Å². The second-order valence-electron chi connectivity index (χ2n) is 3.78. The molecule has 15 heavy (non-hydrogen) atoms. The zero-order chi connectivity index (χ0) is 11.4. The van der Waals surface area contributed by atoms with E-state index in [-0.39, 0.29) is 0 Å². The molecular weight excluding hydrogens is 200 g/mol. The van der Waals surface area contributed by atoms with Gasteiger partial charge in [0.2, 0.25) is 0 Å². The van der Waals surface area contributed by atoms with Crippen LogP contribution in [-0.4, -0.2) is 30.6 Å². The van der Waals surface area contributed by atoms with Gasteiger partial charge in [-0.25, -0.2) is 8.78 Å². The van der Waals surface area contributed by atoms with E-state index in [1.54, 1.807) is 0 Å². The van der Waals surface area contributed by atoms with E-state index in [1.807, 2.05) is 19.0 Å². The molecule has 1 aromatic carbocycles. The summed E-state index contributed by atoms with van der Waals surface area (Å²) >= 11 is 0. The molecule has 1 atom stereocenters. The average molecular weight is 215 g/mol. The van der Waals surface area contributed by atoms with Crippen LogP contribution in [0.2, 0.25) is 0 Å². The lowest BCUT2D eigenvalue weighted by Gasteiger charge is -2.14. The van der Waals surface area contributed by atoms with Crippen molar-refractivity contribution in [2.45, 2.75) is 12.5 Å². The minimum atomic E-state index is -0.920. The van der Waals surface area contributed by atoms with Crippen LogP contribution in [0.3, 0.4) is 0 Å². The number of benzene rings is 1. The molecular formula is C11H15F2NO. The Balaban J connectivity index is 2.65. The van der Waals surface area contributed by atoms with Crippen LogP contribution in [0.4, 0.5) is 8.78 Å². The van der Waals surface area contributed by atoms with Crippen LogP contribution in [0.15, 0.2) is 18.2 Å². The normalized spacial score (nSPS) is 13.2. The SMILES string of the molecule is CN(C)CCC(O)c1ccc(F)c(F)c1. The predicted molar refractivity (Wildman–Crippen MR) is 54.5 cm³/mol. The molecule has 0 bridgehead atoms. The molecule has 0 heterocycles. The van der Waals surface area contributed by atoms with Crippen LogP contribution in [-0.2, 0) is 0 Å². The summed E-state index contributed by atoms with van der Waals surface area (Å²) in [6, 6.07) is 3.47. The molecule has 1 aromatic rings. The van der Waals surface area contributed by atoms with E-state index >= 15 is 0 Å². The fourth-order valence-electron chi connectivity index (χ4n) is 1.27. The molecule has 1 N–H and O–H groups in total. The molecule has 0 amide bonds. The van der Waals surface area contributed by atoms with E-state index in [0.717, 1.165) is 12.1 Å². The number of aliphatic hydroxyl groups is 1. The lowest BCUT2D eigenvalue weighted by atomic mass is 10.1. The van der Waals surface area contributed by atoms with Gasteiger partial charge < -0.3 is 10.0 Å². The van der Waals surface area contributed by atoms with Gasteiger partial charge in [-0.15, -0.1) is 0 Å². The van der Waals surface area contributed by atoms with Crippen molar-refractivity contribution < 1.29 is 13.9 Å². The number of rotatable bonds is 4. The third-order valence-electron chi connectivity index (χ3n) is 2.18. The standard InChI is InChI=1S/C11H15F2NO/c1-14(2)6-5-11(15)8-3-4-9(12)10(13)7-8/h3-4,7,11,15H,5-6H2,1-2H3. The van der Waals surface area contributed by atoms with Crippen molar-refractivity contribution in [1.29, 1.82) is 0 Å². The smallest absolute Gasteiger partial charge is 0.159 e. The summed E-state index contributed by atoms with van der Waals surface area (Å²) in [4.78, 5) is 1.92. The number of aliphatic hydroxyl groups excluding tert-OH is 1. The molecule has 0 radical (unpaired) electrons. The molecule has 0 aromatic heterocycles. The lowest BCUT2D eigenvalue weighted by molar-refractivity contribution is 0.153. The molecule has 0 saturated carbocycles. The number of hydrogen-bond donors (Lipinski definition) is 1. The number of hydrogen-bond acceptors (Lipinski definition) is 2. The first-order valence-electron chi connectivity index (χ1n) is 4.78. The van der Waals surface area contributed by atoms with Gasteiger partial charge >= 0.3 is 0 Å². The van der Waals surface area contributed by atoms with Gasteiger partial charge in [-0.05, 0) is 38.2 Å². The largest absolute Gasteiger partial charge is 0.388 e. The lowest BCUT2D eigenvalue weighted by Crippen LogP contribution is -2.15. The van der Waals surface area contributed by atoms with Gasteiger partial charge in [-0.2, -0.15) is 0 Å². The second-order valence-corrected chi connectivity index (χ2v) is 3.78. The van der Waals surface area contributed by atoms with Gasteiger partial charge in [0.05, 0.1) is 6.10 Å². The van der Waals surface area contributed by atoms with Crippen molar-refractivity contribution in [2.24, 2.45) is 0 Å². The van der Waals surface area contributed by atoms with Crippen molar-refractivity contribution in [3.8, 4) is 0 Å². The molecule has 0 saturated heterocycles. The molecule has 2 nitrogen and oxygen atoms in total. The van der Waals surface area contributed by atoms with E-state index in [4.69, 9.17) is 0 Å². The molecule has 84 valence electrons. The topological polar surface area (TPSA) is 23.5 Å². The summed E-state index contributed by atoms with van der Waals surface area (Å²) in [5.74, 6) is -1.81. The summed E-state index contributed by atoms with van der Waals surface area (Å²) < 4.78 is 25.5. The summed E-state index contributed by atoms with van der Waals surface area (Å²) in [6.45, 7) is 0.695. The highest BCUT2D eigenvalue weighted by molar-refractivity contribution is 5.19. The third-order valence-corrected chi connectivity index (χ3v) is 2.18. The zero-order valence-electron chi connectivity index (χ0n) is 8.87. The fraction of sp³-hybridized carbons (Fsp3) is 0.455. The van der Waals surface area contributed by atoms with Crippen LogP contribution >= 0.6 is 0 Å². The molecule has 0 aliphatic heterocycles. The van der Waals surface area contributed by atoms with Crippen molar-refractivity contribution in [2.75, 3.05) is 20.6 Å². The van der Waals surface area contributed by atoms with Crippen LogP contribution < -0.4 is 0 Å². The highest BCUT2D eigenvalue weighted by Gasteiger charge is 2.10. The highest BCUT2D eigenvalue weighted by atomic mass is 19.2. The maximum absolute atomic E-state index is 12.8. The van der Waals surface area contributed by atoms with E-state index in [0.29, 0.717) is 18.5 Å². The maximum Gasteiger partial charge on any atom is 0.159 e. The Morgan fingerprint density at radius 2 is 1.93 bits per heavy atom. The Kier molecular flexibility index (Phi) is 4.17. The minimum absolute atomic E-state index is 0.413. The summed E-state index contributed by atoms with van der Waals surface area (Å²) in [5.41, 5.74) is 0.413. The maximum atomic E-state index is 12.8. The fourth-order valence-corrected chi connectivity index (χ4v) is 1.27. The molecule has 1 rings (SSSR count). The highest BCUT2D eigenvalue weighted by Crippen LogP contribution is 2.18. The van der Waals surface area contributed by atoms with Gasteiger partial charge in [-0.1, -0.05) is 6.07 Å². The quantitative estimate of drug-likeness (QED) is 0.829. The third kappa shape index (κ3) is 3.57. The average Bonchev–Trinajstić information content (AvgIpc) is 2.18.